The zero-order valence-corrected chi connectivity index (χ0v) is 19.7. The monoisotopic (exact) mass is 499 g/mol. The van der Waals surface area contributed by atoms with Crippen molar-refractivity contribution in [1.29, 1.82) is 5.26 Å². The first-order valence-corrected chi connectivity index (χ1v) is 12.7. The summed E-state index contributed by atoms with van der Waals surface area (Å²) in [5, 5.41) is 12.1. The molecule has 2 aromatic carbocycles. The van der Waals surface area contributed by atoms with Crippen LogP contribution in [0.2, 0.25) is 0 Å². The van der Waals surface area contributed by atoms with Crippen molar-refractivity contribution in [3.63, 3.8) is 0 Å². The van der Waals surface area contributed by atoms with Crippen LogP contribution in [-0.4, -0.2) is 45.7 Å². The summed E-state index contributed by atoms with van der Waals surface area (Å²) in [6.45, 7) is 0.223. The van der Waals surface area contributed by atoms with E-state index in [0.717, 1.165) is 19.3 Å². The van der Waals surface area contributed by atoms with E-state index in [1.54, 1.807) is 0 Å². The van der Waals surface area contributed by atoms with Gasteiger partial charge in [0.25, 0.3) is 15.9 Å². The van der Waals surface area contributed by atoms with Crippen molar-refractivity contribution in [2.45, 2.75) is 42.5 Å². The fourth-order valence-corrected chi connectivity index (χ4v) is 5.09. The van der Waals surface area contributed by atoms with Crippen molar-refractivity contribution in [2.75, 3.05) is 24.5 Å². The molecular weight excluding hydrogens is 474 g/mol. The van der Waals surface area contributed by atoms with Crippen LogP contribution in [0.5, 0.6) is 11.5 Å². The van der Waals surface area contributed by atoms with Crippen molar-refractivity contribution in [3.8, 4) is 17.6 Å². The van der Waals surface area contributed by atoms with Gasteiger partial charge in [0.2, 0.25) is 0 Å². The molecule has 0 saturated heterocycles. The highest BCUT2D eigenvalue weighted by Gasteiger charge is 2.33. The number of fused-ring (bicyclic) bond motifs is 1. The number of ether oxygens (including phenoxy) is 3. The van der Waals surface area contributed by atoms with E-state index in [-0.39, 0.29) is 16.1 Å². The lowest BCUT2D eigenvalue weighted by atomic mass is 9.83. The predicted molar refractivity (Wildman–Crippen MR) is 125 cm³/mol. The van der Waals surface area contributed by atoms with Gasteiger partial charge in [-0.25, -0.2) is 13.2 Å². The van der Waals surface area contributed by atoms with Crippen LogP contribution in [0.3, 0.4) is 0 Å². The normalized spacial score (nSPS) is 16.4. The molecule has 1 heterocycles. The average Bonchev–Trinajstić information content (AvgIpc) is 2.87. The maximum Gasteiger partial charge on any atom is 0.338 e. The summed E-state index contributed by atoms with van der Waals surface area (Å²) in [6, 6.07) is 12.1. The lowest BCUT2D eigenvalue weighted by molar-refractivity contribution is -0.125. The molecule has 1 fully saturated rings. The molecule has 0 bridgehead atoms. The molecule has 2 aliphatic rings. The Morgan fingerprint density at radius 3 is 2.37 bits per heavy atom. The summed E-state index contributed by atoms with van der Waals surface area (Å²) >= 11 is 0. The number of esters is 1. The Kier molecular flexibility index (Phi) is 7.12. The van der Waals surface area contributed by atoms with E-state index in [2.05, 4.69) is 16.1 Å². The molecule has 0 atom stereocenters. The summed E-state index contributed by atoms with van der Waals surface area (Å²) in [4.78, 5) is 24.5. The Bertz CT molecular complexity index is 1250. The smallest absolute Gasteiger partial charge is 0.338 e. The number of carbonyl (C=O) groups excluding carboxylic acids is 2. The minimum atomic E-state index is -3.90. The zero-order chi connectivity index (χ0) is 24.9. The number of nitrogens with zero attached hydrogens (tertiary/aromatic N) is 1. The molecule has 1 amide bonds. The van der Waals surface area contributed by atoms with Crippen LogP contribution in [0.25, 0.3) is 0 Å². The summed E-state index contributed by atoms with van der Waals surface area (Å²) in [5.74, 6) is -0.444. The average molecular weight is 500 g/mol. The van der Waals surface area contributed by atoms with Gasteiger partial charge in [0.1, 0.15) is 18.8 Å². The Labute approximate surface area is 203 Å². The highest BCUT2D eigenvalue weighted by atomic mass is 32.2. The molecule has 1 saturated carbocycles. The zero-order valence-electron chi connectivity index (χ0n) is 18.9. The van der Waals surface area contributed by atoms with Gasteiger partial charge in [-0.05, 0) is 49.2 Å². The predicted octanol–water partition coefficient (Wildman–Crippen LogP) is 2.76. The van der Waals surface area contributed by atoms with Crippen molar-refractivity contribution < 1.29 is 32.2 Å². The van der Waals surface area contributed by atoms with Gasteiger partial charge in [-0.3, -0.25) is 9.52 Å². The van der Waals surface area contributed by atoms with Gasteiger partial charge in [-0.1, -0.05) is 19.3 Å². The van der Waals surface area contributed by atoms with E-state index in [0.29, 0.717) is 37.6 Å². The van der Waals surface area contributed by atoms with Gasteiger partial charge in [0.05, 0.1) is 16.5 Å². The minimum absolute atomic E-state index is 0.00403. The van der Waals surface area contributed by atoms with Crippen LogP contribution in [0.1, 0.15) is 42.5 Å². The molecule has 1 aliphatic heterocycles. The number of sulfonamides is 1. The van der Waals surface area contributed by atoms with E-state index in [1.165, 1.54) is 42.5 Å². The lowest BCUT2D eigenvalue weighted by Gasteiger charge is -2.31. The molecule has 35 heavy (non-hydrogen) atoms. The Hall–Kier alpha value is -3.78. The SMILES string of the molecule is N#CC1(NC(=O)COC(=O)c2ccc(NS(=O)(=O)c3ccc4c(c3)OCCO4)cc2)CCCCC1. The van der Waals surface area contributed by atoms with Crippen molar-refractivity contribution in [2.24, 2.45) is 0 Å². The molecule has 10 nitrogen and oxygen atoms in total. The number of carbonyl (C=O) groups is 2. The van der Waals surface area contributed by atoms with Crippen molar-refractivity contribution >= 4 is 27.6 Å². The number of nitriles is 1. The quantitative estimate of drug-likeness (QED) is 0.554. The fourth-order valence-electron chi connectivity index (χ4n) is 4.02. The number of rotatable bonds is 7. The van der Waals surface area contributed by atoms with E-state index < -0.39 is 34.0 Å². The molecule has 0 unspecified atom stereocenters. The molecule has 0 radical (unpaired) electrons. The molecule has 1 aliphatic carbocycles. The summed E-state index contributed by atoms with van der Waals surface area (Å²) in [6.07, 6.45) is 3.90. The van der Waals surface area contributed by atoms with E-state index >= 15 is 0 Å². The largest absolute Gasteiger partial charge is 0.486 e. The number of nitrogens with one attached hydrogen (secondary N) is 2. The fraction of sp³-hybridized carbons (Fsp3) is 0.375. The Morgan fingerprint density at radius 1 is 1.00 bits per heavy atom. The van der Waals surface area contributed by atoms with Gasteiger partial charge in [-0.15, -0.1) is 0 Å². The number of benzene rings is 2. The van der Waals surface area contributed by atoms with Gasteiger partial charge in [0.15, 0.2) is 18.1 Å². The summed E-state index contributed by atoms with van der Waals surface area (Å²) in [5.41, 5.74) is -0.521. The highest BCUT2D eigenvalue weighted by molar-refractivity contribution is 7.92. The molecular formula is C24H25N3O7S. The molecule has 2 aromatic rings. The van der Waals surface area contributed by atoms with Crippen LogP contribution < -0.4 is 19.5 Å². The van der Waals surface area contributed by atoms with Gasteiger partial charge in [0, 0.05) is 11.8 Å². The van der Waals surface area contributed by atoms with Crippen molar-refractivity contribution in [3.05, 3.63) is 48.0 Å². The van der Waals surface area contributed by atoms with Crippen LogP contribution in [0.4, 0.5) is 5.69 Å². The first kappa shape index (κ1) is 24.3. The second-order valence-corrected chi connectivity index (χ2v) is 10.0. The van der Waals surface area contributed by atoms with Gasteiger partial charge in [-0.2, -0.15) is 5.26 Å². The summed E-state index contributed by atoms with van der Waals surface area (Å²) in [7, 11) is -3.90. The molecule has 4 rings (SSSR count). The van der Waals surface area contributed by atoms with E-state index in [1.807, 2.05) is 0 Å². The van der Waals surface area contributed by atoms with E-state index in [9.17, 15) is 23.3 Å². The van der Waals surface area contributed by atoms with Crippen LogP contribution in [0, 0.1) is 11.3 Å². The number of anilines is 1. The van der Waals surface area contributed by atoms with Gasteiger partial charge < -0.3 is 19.5 Å². The second-order valence-electron chi connectivity index (χ2n) is 8.37. The topological polar surface area (TPSA) is 144 Å². The standard InChI is InChI=1S/C24H25N3O7S/c25-16-24(10-2-1-3-11-24)26-22(28)15-34-23(29)17-4-6-18(7-5-17)27-35(30,31)19-8-9-20-21(14-19)33-13-12-32-20/h4-9,14,27H,1-3,10-13,15H2,(H,26,28). The number of hydrogen-bond donors (Lipinski definition) is 2. The molecule has 11 heteroatoms. The Balaban J connectivity index is 1.33. The van der Waals surface area contributed by atoms with Crippen LogP contribution in [0.15, 0.2) is 47.4 Å². The third-order valence-corrected chi connectivity index (χ3v) is 7.21. The van der Waals surface area contributed by atoms with Crippen molar-refractivity contribution in [1.82, 2.24) is 5.32 Å². The molecule has 184 valence electrons. The van der Waals surface area contributed by atoms with Gasteiger partial charge >= 0.3 is 5.97 Å². The number of hydrogen-bond acceptors (Lipinski definition) is 8. The number of amides is 1. The second kappa shape index (κ2) is 10.2. The third-order valence-electron chi connectivity index (χ3n) is 5.83. The summed E-state index contributed by atoms with van der Waals surface area (Å²) < 4.78 is 43.8. The molecule has 2 N–H and O–H groups in total. The lowest BCUT2D eigenvalue weighted by Crippen LogP contribution is -2.50. The van der Waals surface area contributed by atoms with E-state index in [4.69, 9.17) is 14.2 Å². The minimum Gasteiger partial charge on any atom is -0.486 e. The van der Waals surface area contributed by atoms with Crippen LogP contribution >= 0.6 is 0 Å². The first-order chi connectivity index (χ1) is 16.8. The highest BCUT2D eigenvalue weighted by Crippen LogP contribution is 2.33. The molecule has 0 spiro atoms. The Morgan fingerprint density at radius 2 is 1.69 bits per heavy atom. The third kappa shape index (κ3) is 5.84. The maximum atomic E-state index is 12.7. The van der Waals surface area contributed by atoms with Crippen LogP contribution in [-0.2, 0) is 19.6 Å². The maximum absolute atomic E-state index is 12.7. The molecule has 0 aromatic heterocycles. The first-order valence-electron chi connectivity index (χ1n) is 11.2.